The first-order chi connectivity index (χ1) is 7.40. The van der Waals surface area contributed by atoms with Gasteiger partial charge < -0.3 is 0 Å². The second-order valence-electron chi connectivity index (χ2n) is 2.61. The van der Waals surface area contributed by atoms with E-state index < -0.39 is 29.1 Å². The molecule has 8 heteroatoms. The van der Waals surface area contributed by atoms with E-state index in [0.717, 1.165) is 11.5 Å². The maximum absolute atomic E-state index is 13.0. The Balaban J connectivity index is 3.22. The second-order valence-corrected chi connectivity index (χ2v) is 2.61. The highest BCUT2D eigenvalue weighted by molar-refractivity contribution is 5.32. The first kappa shape index (κ1) is 12.1. The van der Waals surface area contributed by atoms with Gasteiger partial charge in [0.1, 0.15) is 0 Å². The molecule has 0 amide bonds. The topological polar surface area (TPSA) is 41.5 Å². The van der Waals surface area contributed by atoms with Gasteiger partial charge in [-0.15, -0.1) is 0 Å². The number of halogens is 5. The first-order valence-electron chi connectivity index (χ1n) is 3.76. The SMILES string of the molecule is O=C=NNC(F)(F)c1ccc(F)c(F)c1F. The van der Waals surface area contributed by atoms with Crippen molar-refractivity contribution in [3.63, 3.8) is 0 Å². The molecule has 0 heterocycles. The molecule has 0 saturated carbocycles. The standard InChI is InChI=1S/C8H3F5N2O/c9-5-2-1-4(6(10)7(5)11)8(12,13)15-14-3-16/h1-2,15H. The van der Waals surface area contributed by atoms with Crippen LogP contribution in [-0.4, -0.2) is 6.08 Å². The number of hydrazone groups is 1. The van der Waals surface area contributed by atoms with E-state index in [4.69, 9.17) is 0 Å². The predicted molar refractivity (Wildman–Crippen MR) is 41.5 cm³/mol. The van der Waals surface area contributed by atoms with Crippen molar-refractivity contribution in [3.05, 3.63) is 35.1 Å². The van der Waals surface area contributed by atoms with E-state index in [1.165, 1.54) is 0 Å². The van der Waals surface area contributed by atoms with E-state index in [1.54, 1.807) is 0 Å². The molecule has 0 saturated heterocycles. The molecule has 86 valence electrons. The number of hydrogen-bond acceptors (Lipinski definition) is 3. The van der Waals surface area contributed by atoms with E-state index in [9.17, 15) is 26.7 Å². The van der Waals surface area contributed by atoms with Crippen molar-refractivity contribution >= 4 is 6.08 Å². The summed E-state index contributed by atoms with van der Waals surface area (Å²) in [6.07, 6.45) is 0.733. The minimum absolute atomic E-state index is 0.327. The van der Waals surface area contributed by atoms with Crippen molar-refractivity contribution in [2.45, 2.75) is 6.05 Å². The van der Waals surface area contributed by atoms with Gasteiger partial charge in [0.2, 0.25) is 0 Å². The number of carbonyl (C=O) groups excluding carboxylic acids is 1. The first-order valence-corrected chi connectivity index (χ1v) is 3.76. The van der Waals surface area contributed by atoms with E-state index in [-0.39, 0.29) is 0 Å². The zero-order valence-corrected chi connectivity index (χ0v) is 7.40. The molecular formula is C8H3F5N2O. The largest absolute Gasteiger partial charge is 0.368 e. The van der Waals surface area contributed by atoms with Crippen molar-refractivity contribution in [2.24, 2.45) is 5.10 Å². The highest BCUT2D eigenvalue weighted by atomic mass is 19.3. The van der Waals surface area contributed by atoms with Crippen LogP contribution in [0.3, 0.4) is 0 Å². The van der Waals surface area contributed by atoms with E-state index in [0.29, 0.717) is 12.1 Å². The van der Waals surface area contributed by atoms with Crippen LogP contribution >= 0.6 is 0 Å². The molecule has 0 bridgehead atoms. The van der Waals surface area contributed by atoms with Gasteiger partial charge in [-0.3, -0.25) is 0 Å². The summed E-state index contributed by atoms with van der Waals surface area (Å²) in [5, 5.41) is 2.32. The summed E-state index contributed by atoms with van der Waals surface area (Å²) < 4.78 is 64.0. The van der Waals surface area contributed by atoms with Crippen LogP contribution in [0.1, 0.15) is 5.56 Å². The lowest BCUT2D eigenvalue weighted by atomic mass is 10.1. The molecule has 0 aliphatic rings. The van der Waals surface area contributed by atoms with E-state index >= 15 is 0 Å². The average Bonchev–Trinajstić information content (AvgIpc) is 2.23. The molecule has 0 spiro atoms. The quantitative estimate of drug-likeness (QED) is 0.218. The minimum atomic E-state index is -4.14. The highest BCUT2D eigenvalue weighted by Gasteiger charge is 2.36. The van der Waals surface area contributed by atoms with Crippen molar-refractivity contribution in [1.29, 1.82) is 0 Å². The highest BCUT2D eigenvalue weighted by Crippen LogP contribution is 2.29. The van der Waals surface area contributed by atoms with Gasteiger partial charge in [0.15, 0.2) is 17.5 Å². The fourth-order valence-electron chi connectivity index (χ4n) is 0.922. The third-order valence-electron chi connectivity index (χ3n) is 1.62. The lowest BCUT2D eigenvalue weighted by Crippen LogP contribution is -2.31. The summed E-state index contributed by atoms with van der Waals surface area (Å²) in [4.78, 5) is 9.57. The lowest BCUT2D eigenvalue weighted by molar-refractivity contribution is -0.0441. The number of isocyanates is 1. The average molecular weight is 238 g/mol. The molecule has 3 nitrogen and oxygen atoms in total. The normalized spacial score (nSPS) is 10.8. The summed E-state index contributed by atoms with van der Waals surface area (Å²) in [5.41, 5.74) is -0.516. The Labute approximate surface area is 85.6 Å². The van der Waals surface area contributed by atoms with Crippen LogP contribution in [0, 0.1) is 17.5 Å². The van der Waals surface area contributed by atoms with Crippen LogP contribution in [-0.2, 0) is 10.8 Å². The number of hydrogen-bond donors (Lipinski definition) is 1. The van der Waals surface area contributed by atoms with Gasteiger partial charge in [-0.25, -0.2) is 23.4 Å². The van der Waals surface area contributed by atoms with E-state index in [1.807, 2.05) is 0 Å². The molecule has 1 aromatic carbocycles. The molecule has 0 atom stereocenters. The van der Waals surface area contributed by atoms with Gasteiger partial charge in [-0.1, -0.05) is 5.10 Å². The predicted octanol–water partition coefficient (Wildman–Crippen LogP) is 1.99. The molecule has 1 N–H and O–H groups in total. The zero-order chi connectivity index (χ0) is 12.3. The summed E-state index contributed by atoms with van der Waals surface area (Å²) >= 11 is 0. The minimum Gasteiger partial charge on any atom is -0.233 e. The number of rotatable bonds is 3. The maximum atomic E-state index is 13.0. The van der Waals surface area contributed by atoms with Crippen LogP contribution in [0.5, 0.6) is 0 Å². The third kappa shape index (κ3) is 2.17. The van der Waals surface area contributed by atoms with Crippen LogP contribution in [0.2, 0.25) is 0 Å². The number of alkyl halides is 2. The molecule has 0 aromatic heterocycles. The molecule has 0 fully saturated rings. The molecule has 16 heavy (non-hydrogen) atoms. The fraction of sp³-hybridized carbons (Fsp3) is 0.125. The summed E-state index contributed by atoms with van der Waals surface area (Å²) in [6.45, 7) is 0. The van der Waals surface area contributed by atoms with E-state index in [2.05, 4.69) is 5.10 Å². The Bertz CT molecular complexity index is 456. The van der Waals surface area contributed by atoms with Gasteiger partial charge >= 0.3 is 6.05 Å². The van der Waals surface area contributed by atoms with Gasteiger partial charge in [-0.2, -0.15) is 8.78 Å². The maximum Gasteiger partial charge on any atom is 0.368 e. The van der Waals surface area contributed by atoms with Gasteiger partial charge in [0, 0.05) is 0 Å². The summed E-state index contributed by atoms with van der Waals surface area (Å²) in [5.74, 6) is -5.69. The number of benzene rings is 1. The van der Waals surface area contributed by atoms with Crippen molar-refractivity contribution < 1.29 is 26.7 Å². The van der Waals surface area contributed by atoms with Crippen molar-refractivity contribution in [1.82, 2.24) is 5.43 Å². The Morgan fingerprint density at radius 3 is 2.38 bits per heavy atom. The van der Waals surface area contributed by atoms with Crippen molar-refractivity contribution in [3.8, 4) is 0 Å². The van der Waals surface area contributed by atoms with Crippen molar-refractivity contribution in [2.75, 3.05) is 0 Å². The smallest absolute Gasteiger partial charge is 0.233 e. The fourth-order valence-corrected chi connectivity index (χ4v) is 0.922. The molecule has 1 rings (SSSR count). The van der Waals surface area contributed by atoms with Crippen LogP contribution in [0.15, 0.2) is 17.2 Å². The third-order valence-corrected chi connectivity index (χ3v) is 1.62. The monoisotopic (exact) mass is 238 g/mol. The van der Waals surface area contributed by atoms with Crippen LogP contribution in [0.4, 0.5) is 22.0 Å². The Hall–Kier alpha value is -1.95. The Kier molecular flexibility index (Phi) is 3.24. The summed E-state index contributed by atoms with van der Waals surface area (Å²) in [7, 11) is 0. The zero-order valence-electron chi connectivity index (χ0n) is 7.40. The number of nitrogens with one attached hydrogen (secondary N) is 1. The summed E-state index contributed by atoms with van der Waals surface area (Å²) in [6, 6.07) is -3.48. The van der Waals surface area contributed by atoms with Gasteiger partial charge in [0.25, 0.3) is 6.08 Å². The lowest BCUT2D eigenvalue weighted by Gasteiger charge is -2.15. The second kappa shape index (κ2) is 4.28. The Morgan fingerprint density at radius 2 is 1.81 bits per heavy atom. The molecule has 0 unspecified atom stereocenters. The molecule has 0 radical (unpaired) electrons. The molecule has 0 aliphatic carbocycles. The molecule has 1 aromatic rings. The number of nitrogens with zero attached hydrogens (tertiary/aromatic N) is 1. The van der Waals surface area contributed by atoms with Crippen LogP contribution < -0.4 is 5.43 Å². The Morgan fingerprint density at radius 1 is 1.19 bits per heavy atom. The molecule has 0 aliphatic heterocycles. The molecular weight excluding hydrogens is 235 g/mol. The van der Waals surface area contributed by atoms with Crippen LogP contribution in [0.25, 0.3) is 0 Å². The van der Waals surface area contributed by atoms with Gasteiger partial charge in [0.05, 0.1) is 5.56 Å². The van der Waals surface area contributed by atoms with Gasteiger partial charge in [-0.05, 0) is 12.1 Å².